The Morgan fingerprint density at radius 3 is 1.00 bits per heavy atom. The first-order valence-electron chi connectivity index (χ1n) is 6.87. The Kier molecular flexibility index (Phi) is 2.21. The van der Waals surface area contributed by atoms with Crippen LogP contribution < -0.4 is 0 Å². The molecule has 4 aliphatic rings. The molecule has 4 rings (SSSR count). The van der Waals surface area contributed by atoms with Crippen LogP contribution in [0.3, 0.4) is 0 Å². The van der Waals surface area contributed by atoms with Crippen LogP contribution >= 0.6 is 45.2 Å². The second kappa shape index (κ2) is 3.13. The van der Waals surface area contributed by atoms with Crippen molar-refractivity contribution in [2.75, 3.05) is 0 Å². The number of hydrogen-bond donors (Lipinski definition) is 0. The molecule has 0 atom stereocenters. The van der Waals surface area contributed by atoms with E-state index in [9.17, 15) is 0 Å². The summed E-state index contributed by atoms with van der Waals surface area (Å²) < 4.78 is 1.46. The lowest BCUT2D eigenvalue weighted by Crippen LogP contribution is -2.35. The van der Waals surface area contributed by atoms with E-state index < -0.39 is 0 Å². The first-order chi connectivity index (χ1) is 7.49. The van der Waals surface area contributed by atoms with Gasteiger partial charge in [-0.2, -0.15) is 0 Å². The molecule has 0 aromatic heterocycles. The highest BCUT2D eigenvalue weighted by Gasteiger charge is 2.67. The Hall–Kier alpha value is 1.46. The van der Waals surface area contributed by atoms with Crippen molar-refractivity contribution in [1.29, 1.82) is 0 Å². The number of fused-ring (bicyclic) bond motifs is 5. The van der Waals surface area contributed by atoms with Crippen LogP contribution in [0.2, 0.25) is 0 Å². The zero-order valence-electron chi connectivity index (χ0n) is 9.83. The third-order valence-electron chi connectivity index (χ3n) is 6.64. The fourth-order valence-electron chi connectivity index (χ4n) is 5.71. The van der Waals surface area contributed by atoms with Crippen molar-refractivity contribution in [3.8, 4) is 0 Å². The molecular formula is C14H20I2. The lowest BCUT2D eigenvalue weighted by Gasteiger charge is -2.44. The van der Waals surface area contributed by atoms with Gasteiger partial charge in [-0.1, -0.05) is 45.2 Å². The average molecular weight is 442 g/mol. The maximum Gasteiger partial charge on any atom is 0.0228 e. The third-order valence-corrected chi connectivity index (χ3v) is 9.56. The van der Waals surface area contributed by atoms with Gasteiger partial charge in [-0.3, -0.25) is 0 Å². The van der Waals surface area contributed by atoms with Crippen LogP contribution in [0.25, 0.3) is 0 Å². The summed E-state index contributed by atoms with van der Waals surface area (Å²) in [7, 11) is 0. The highest BCUT2D eigenvalue weighted by molar-refractivity contribution is 14.1. The second-order valence-electron chi connectivity index (χ2n) is 7.22. The number of hydrogen-bond acceptors (Lipinski definition) is 0. The number of rotatable bonds is 1. The molecule has 0 saturated heterocycles. The molecule has 0 heterocycles. The van der Waals surface area contributed by atoms with Crippen LogP contribution in [-0.2, 0) is 0 Å². The van der Waals surface area contributed by atoms with E-state index in [1.165, 1.54) is 25.7 Å². The summed E-state index contributed by atoms with van der Waals surface area (Å²) in [5.41, 5.74) is 1.61. The largest absolute Gasteiger partial charge is 0.0789 e. The first kappa shape index (κ1) is 11.3. The van der Waals surface area contributed by atoms with Crippen LogP contribution in [0.4, 0.5) is 0 Å². The predicted octanol–water partition coefficient (Wildman–Crippen LogP) is 5.26. The normalized spacial score (nSPS) is 63.4. The SMILES string of the molecule is IC12CCC(C34CCC(I)(CC3)C4)(CC1)C2. The molecule has 90 valence electrons. The highest BCUT2D eigenvalue weighted by atomic mass is 127. The molecule has 0 radical (unpaired) electrons. The standard InChI is InChI=1S/C14H20I2/c15-13-5-1-11(9-13,2-6-13)12-3-7-14(16,10-12)8-4-12/h1-10H2. The van der Waals surface area contributed by atoms with Crippen molar-refractivity contribution < 1.29 is 0 Å². The summed E-state index contributed by atoms with van der Waals surface area (Å²) in [6.07, 6.45) is 15.6. The van der Waals surface area contributed by atoms with Gasteiger partial charge >= 0.3 is 0 Å². The predicted molar refractivity (Wildman–Crippen MR) is 84.5 cm³/mol. The van der Waals surface area contributed by atoms with Gasteiger partial charge in [-0.05, 0) is 75.0 Å². The van der Waals surface area contributed by atoms with E-state index in [1.807, 2.05) is 0 Å². The Bertz CT molecular complexity index is 297. The van der Waals surface area contributed by atoms with Gasteiger partial charge in [0.25, 0.3) is 0 Å². The van der Waals surface area contributed by atoms with Crippen molar-refractivity contribution in [3.05, 3.63) is 0 Å². The zero-order valence-corrected chi connectivity index (χ0v) is 14.1. The summed E-state index contributed by atoms with van der Waals surface area (Å²) in [6, 6.07) is 0. The van der Waals surface area contributed by atoms with E-state index in [0.29, 0.717) is 0 Å². The van der Waals surface area contributed by atoms with E-state index in [-0.39, 0.29) is 0 Å². The zero-order chi connectivity index (χ0) is 11.1. The molecule has 4 saturated carbocycles. The molecule has 0 aliphatic heterocycles. The van der Waals surface area contributed by atoms with E-state index in [1.54, 1.807) is 38.5 Å². The fraction of sp³-hybridized carbons (Fsp3) is 1.00. The van der Waals surface area contributed by atoms with Crippen LogP contribution in [0.5, 0.6) is 0 Å². The molecule has 4 aliphatic carbocycles. The minimum Gasteiger partial charge on any atom is -0.0789 e. The van der Waals surface area contributed by atoms with Crippen LogP contribution in [0.1, 0.15) is 64.2 Å². The molecule has 0 aromatic carbocycles. The van der Waals surface area contributed by atoms with Gasteiger partial charge in [-0.25, -0.2) is 0 Å². The summed E-state index contributed by atoms with van der Waals surface area (Å²) in [6.45, 7) is 0. The Labute approximate surface area is 126 Å². The maximum atomic E-state index is 2.81. The molecule has 0 spiro atoms. The molecule has 2 heteroatoms. The minimum absolute atomic E-state index is 0.728. The van der Waals surface area contributed by atoms with E-state index in [4.69, 9.17) is 0 Å². The average Bonchev–Trinajstić information content (AvgIpc) is 2.93. The number of alkyl halides is 2. The third kappa shape index (κ3) is 1.27. The van der Waals surface area contributed by atoms with Crippen LogP contribution in [-0.4, -0.2) is 6.84 Å². The Morgan fingerprint density at radius 1 is 0.500 bits per heavy atom. The lowest BCUT2D eigenvalue weighted by atomic mass is 9.60. The molecule has 0 nitrogen and oxygen atoms in total. The topological polar surface area (TPSA) is 0 Å². The van der Waals surface area contributed by atoms with Gasteiger partial charge in [-0.15, -0.1) is 0 Å². The van der Waals surface area contributed by atoms with E-state index >= 15 is 0 Å². The monoisotopic (exact) mass is 442 g/mol. The van der Waals surface area contributed by atoms with Crippen molar-refractivity contribution in [2.24, 2.45) is 10.8 Å². The molecular weight excluding hydrogens is 422 g/mol. The first-order valence-corrected chi connectivity index (χ1v) is 9.03. The van der Waals surface area contributed by atoms with Gasteiger partial charge < -0.3 is 0 Å². The molecule has 0 amide bonds. The van der Waals surface area contributed by atoms with E-state index in [0.717, 1.165) is 17.7 Å². The summed E-state index contributed by atoms with van der Waals surface area (Å²) in [4.78, 5) is 0. The van der Waals surface area contributed by atoms with Gasteiger partial charge in [0.05, 0.1) is 0 Å². The molecule has 0 aromatic rings. The van der Waals surface area contributed by atoms with Gasteiger partial charge in [0.15, 0.2) is 0 Å². The van der Waals surface area contributed by atoms with Crippen molar-refractivity contribution >= 4 is 45.2 Å². The minimum atomic E-state index is 0.728. The van der Waals surface area contributed by atoms with Crippen LogP contribution in [0.15, 0.2) is 0 Å². The molecule has 0 N–H and O–H groups in total. The molecule has 4 bridgehead atoms. The molecule has 16 heavy (non-hydrogen) atoms. The van der Waals surface area contributed by atoms with Gasteiger partial charge in [0.1, 0.15) is 0 Å². The van der Waals surface area contributed by atoms with Crippen LogP contribution in [0, 0.1) is 10.8 Å². The molecule has 4 fully saturated rings. The second-order valence-corrected chi connectivity index (χ2v) is 11.8. The highest BCUT2D eigenvalue weighted by Crippen LogP contribution is 2.76. The van der Waals surface area contributed by atoms with Gasteiger partial charge in [0.2, 0.25) is 0 Å². The summed E-state index contributed by atoms with van der Waals surface area (Å²) in [5.74, 6) is 0. The van der Waals surface area contributed by atoms with Crippen molar-refractivity contribution in [2.45, 2.75) is 71.1 Å². The lowest BCUT2D eigenvalue weighted by molar-refractivity contribution is 0.0499. The van der Waals surface area contributed by atoms with E-state index in [2.05, 4.69) is 45.2 Å². The Balaban J connectivity index is 1.72. The quantitative estimate of drug-likeness (QED) is 0.384. The molecule has 0 unspecified atom stereocenters. The summed E-state index contributed by atoms with van der Waals surface area (Å²) >= 11 is 5.61. The van der Waals surface area contributed by atoms with Gasteiger partial charge in [0, 0.05) is 6.84 Å². The summed E-state index contributed by atoms with van der Waals surface area (Å²) in [5, 5.41) is 0. The smallest absolute Gasteiger partial charge is 0.0228 e. The maximum absolute atomic E-state index is 2.81. The Morgan fingerprint density at radius 2 is 0.812 bits per heavy atom. The van der Waals surface area contributed by atoms with Crippen molar-refractivity contribution in [1.82, 2.24) is 0 Å². The number of halogens is 2. The van der Waals surface area contributed by atoms with Crippen molar-refractivity contribution in [3.63, 3.8) is 0 Å². The fourth-order valence-corrected chi connectivity index (χ4v) is 8.25.